The molecule has 0 atom stereocenters. The molecule has 10 aromatic carbocycles. The maximum absolute atomic E-state index is 6.63. The number of anilines is 6. The first kappa shape index (κ1) is 34.0. The minimum Gasteiger partial charge on any atom is -0.454 e. The van der Waals surface area contributed by atoms with Crippen LogP contribution in [-0.2, 0) is 0 Å². The summed E-state index contributed by atoms with van der Waals surface area (Å²) in [6.07, 6.45) is 0. The third kappa shape index (κ3) is 5.46. The zero-order valence-electron chi connectivity index (χ0n) is 32.5. The van der Waals surface area contributed by atoms with E-state index in [-0.39, 0.29) is 0 Å². The first-order valence-electron chi connectivity index (χ1n) is 20.3. The number of nitrogens with zero attached hydrogens (tertiary/aromatic N) is 2. The molecule has 0 spiro atoms. The van der Waals surface area contributed by atoms with Crippen molar-refractivity contribution >= 4 is 99.5 Å². The lowest BCUT2D eigenvalue weighted by Gasteiger charge is -2.28. The Morgan fingerprint density at radius 1 is 0.267 bits per heavy atom. The average molecular weight is 769 g/mol. The summed E-state index contributed by atoms with van der Waals surface area (Å²) < 4.78 is 13.3. The molecule has 0 saturated heterocycles. The highest BCUT2D eigenvalue weighted by Crippen LogP contribution is 2.47. The number of para-hydroxylation sites is 5. The van der Waals surface area contributed by atoms with Crippen LogP contribution in [-0.4, -0.2) is 0 Å². The summed E-state index contributed by atoms with van der Waals surface area (Å²) in [4.78, 5) is 4.64. The molecular formula is C56H36N2O2. The first-order chi connectivity index (χ1) is 29.8. The van der Waals surface area contributed by atoms with Gasteiger partial charge in [-0.3, -0.25) is 0 Å². The minimum atomic E-state index is 0.827. The number of hydrogen-bond acceptors (Lipinski definition) is 4. The van der Waals surface area contributed by atoms with Crippen LogP contribution in [0, 0.1) is 0 Å². The van der Waals surface area contributed by atoms with Crippen LogP contribution in [0.4, 0.5) is 34.1 Å². The largest absolute Gasteiger partial charge is 0.454 e. The van der Waals surface area contributed by atoms with Crippen molar-refractivity contribution in [2.75, 3.05) is 9.80 Å². The lowest BCUT2D eigenvalue weighted by atomic mass is 9.98. The van der Waals surface area contributed by atoms with Crippen molar-refractivity contribution in [2.24, 2.45) is 0 Å². The fourth-order valence-corrected chi connectivity index (χ4v) is 9.05. The van der Waals surface area contributed by atoms with Crippen molar-refractivity contribution in [1.82, 2.24) is 0 Å². The SMILES string of the molecule is c1ccc(N(c2ccc(-c3ccc(N(c4cccc5c4oc4ccccc45)c4cccc5c4oc4ccccc45)cc3)cc2)c2cc3ccccc3c3ccccc23)cc1. The van der Waals surface area contributed by atoms with E-state index in [1.807, 2.05) is 24.3 Å². The lowest BCUT2D eigenvalue weighted by molar-refractivity contribution is 0.666. The van der Waals surface area contributed by atoms with Crippen LogP contribution in [0.5, 0.6) is 0 Å². The predicted octanol–water partition coefficient (Wildman–Crippen LogP) is 16.4. The molecule has 60 heavy (non-hydrogen) atoms. The zero-order chi connectivity index (χ0) is 39.6. The maximum Gasteiger partial charge on any atom is 0.159 e. The number of hydrogen-bond donors (Lipinski definition) is 0. The average Bonchev–Trinajstić information content (AvgIpc) is 3.90. The molecule has 2 heterocycles. The molecule has 0 fully saturated rings. The van der Waals surface area contributed by atoms with Gasteiger partial charge in [0.05, 0.1) is 17.1 Å². The zero-order valence-corrected chi connectivity index (χ0v) is 32.5. The molecule has 0 aliphatic heterocycles. The molecular weight excluding hydrogens is 733 g/mol. The van der Waals surface area contributed by atoms with Gasteiger partial charge in [0.25, 0.3) is 0 Å². The molecule has 282 valence electrons. The Morgan fingerprint density at radius 2 is 0.700 bits per heavy atom. The molecule has 0 aliphatic rings. The van der Waals surface area contributed by atoms with Gasteiger partial charge in [-0.05, 0) is 94.0 Å². The van der Waals surface area contributed by atoms with Gasteiger partial charge in [-0.15, -0.1) is 0 Å². The predicted molar refractivity (Wildman–Crippen MR) is 251 cm³/mol. The minimum absolute atomic E-state index is 0.827. The monoisotopic (exact) mass is 768 g/mol. The molecule has 2 aromatic heterocycles. The Kier molecular flexibility index (Phi) is 7.82. The Bertz CT molecular complexity index is 3430. The van der Waals surface area contributed by atoms with Gasteiger partial charge in [0.1, 0.15) is 11.2 Å². The Hall–Kier alpha value is -8.08. The topological polar surface area (TPSA) is 32.8 Å². The fraction of sp³-hybridized carbons (Fsp3) is 0. The molecule has 0 bridgehead atoms. The van der Waals surface area contributed by atoms with Gasteiger partial charge in [0.2, 0.25) is 0 Å². The second-order valence-corrected chi connectivity index (χ2v) is 15.3. The van der Waals surface area contributed by atoms with Crippen LogP contribution >= 0.6 is 0 Å². The van der Waals surface area contributed by atoms with Gasteiger partial charge >= 0.3 is 0 Å². The Balaban J connectivity index is 0.971. The molecule has 0 radical (unpaired) electrons. The normalized spacial score (nSPS) is 11.7. The van der Waals surface area contributed by atoms with E-state index in [2.05, 4.69) is 204 Å². The van der Waals surface area contributed by atoms with E-state index in [1.165, 1.54) is 21.5 Å². The maximum atomic E-state index is 6.63. The van der Waals surface area contributed by atoms with E-state index < -0.39 is 0 Å². The van der Waals surface area contributed by atoms with Crippen LogP contribution in [0.1, 0.15) is 0 Å². The highest BCUT2D eigenvalue weighted by molar-refractivity contribution is 6.15. The van der Waals surface area contributed by atoms with Crippen molar-refractivity contribution < 1.29 is 8.83 Å². The number of furan rings is 2. The number of rotatable bonds is 7. The third-order valence-electron chi connectivity index (χ3n) is 11.8. The highest BCUT2D eigenvalue weighted by Gasteiger charge is 2.23. The third-order valence-corrected chi connectivity index (χ3v) is 11.8. The summed E-state index contributed by atoms with van der Waals surface area (Å²) in [5.74, 6) is 0. The second-order valence-electron chi connectivity index (χ2n) is 15.3. The summed E-state index contributed by atoms with van der Waals surface area (Å²) in [7, 11) is 0. The lowest BCUT2D eigenvalue weighted by Crippen LogP contribution is -2.10. The molecule has 0 aliphatic carbocycles. The van der Waals surface area contributed by atoms with Gasteiger partial charge in [0.15, 0.2) is 11.2 Å². The Morgan fingerprint density at radius 3 is 1.28 bits per heavy atom. The van der Waals surface area contributed by atoms with Crippen molar-refractivity contribution in [3.8, 4) is 11.1 Å². The number of fused-ring (bicyclic) bond motifs is 9. The van der Waals surface area contributed by atoms with Crippen molar-refractivity contribution in [3.63, 3.8) is 0 Å². The van der Waals surface area contributed by atoms with E-state index >= 15 is 0 Å². The van der Waals surface area contributed by atoms with Crippen LogP contribution in [0.2, 0.25) is 0 Å². The van der Waals surface area contributed by atoms with Gasteiger partial charge < -0.3 is 18.6 Å². The molecule has 12 aromatic rings. The van der Waals surface area contributed by atoms with Crippen molar-refractivity contribution in [3.05, 3.63) is 218 Å². The first-order valence-corrected chi connectivity index (χ1v) is 20.3. The van der Waals surface area contributed by atoms with E-state index in [1.54, 1.807) is 0 Å². The van der Waals surface area contributed by atoms with Gasteiger partial charge in [-0.25, -0.2) is 0 Å². The summed E-state index contributed by atoms with van der Waals surface area (Å²) in [6.45, 7) is 0. The van der Waals surface area contributed by atoms with E-state index in [0.717, 1.165) is 89.1 Å². The molecule has 4 heteroatoms. The molecule has 0 saturated carbocycles. The Labute approximate surface area is 346 Å². The summed E-state index contributed by atoms with van der Waals surface area (Å²) in [5, 5.41) is 9.25. The summed E-state index contributed by atoms with van der Waals surface area (Å²) >= 11 is 0. The van der Waals surface area contributed by atoms with Crippen molar-refractivity contribution in [2.45, 2.75) is 0 Å². The molecule has 12 rings (SSSR count). The van der Waals surface area contributed by atoms with E-state index in [0.29, 0.717) is 0 Å². The van der Waals surface area contributed by atoms with Gasteiger partial charge in [0, 0.05) is 44.0 Å². The molecule has 4 nitrogen and oxygen atoms in total. The van der Waals surface area contributed by atoms with Gasteiger partial charge in [-0.1, -0.05) is 152 Å². The quantitative estimate of drug-likeness (QED) is 0.151. The van der Waals surface area contributed by atoms with Gasteiger partial charge in [-0.2, -0.15) is 0 Å². The van der Waals surface area contributed by atoms with Crippen LogP contribution in [0.15, 0.2) is 227 Å². The van der Waals surface area contributed by atoms with E-state index in [4.69, 9.17) is 8.83 Å². The van der Waals surface area contributed by atoms with Crippen LogP contribution < -0.4 is 9.80 Å². The van der Waals surface area contributed by atoms with Crippen molar-refractivity contribution in [1.29, 1.82) is 0 Å². The summed E-state index contributed by atoms with van der Waals surface area (Å²) in [6, 6.07) is 77.3. The molecule has 0 amide bonds. The second kappa shape index (κ2) is 13.8. The fourth-order valence-electron chi connectivity index (χ4n) is 9.05. The molecule has 0 N–H and O–H groups in total. The molecule has 0 unspecified atom stereocenters. The smallest absolute Gasteiger partial charge is 0.159 e. The standard InChI is InChI=1S/C56H36N2O2/c1-2-15-40(16-3-1)57(52-36-39-14-4-5-17-43(39)44-18-6-7-19-45(44)52)41-32-28-37(29-33-41)38-30-34-42(35-31-38)58(50-24-12-22-48-46-20-8-10-26-53(46)59-55(48)50)51-25-13-23-49-47-21-9-11-27-54(47)60-56(49)51/h1-36H. The number of benzene rings is 10. The summed E-state index contributed by atoms with van der Waals surface area (Å²) in [5.41, 5.74) is 11.8. The van der Waals surface area contributed by atoms with Crippen LogP contribution in [0.3, 0.4) is 0 Å². The highest BCUT2D eigenvalue weighted by atomic mass is 16.3. The van der Waals surface area contributed by atoms with E-state index in [9.17, 15) is 0 Å². The van der Waals surface area contributed by atoms with Crippen LogP contribution in [0.25, 0.3) is 76.5 Å².